The highest BCUT2D eigenvalue weighted by Crippen LogP contribution is 2.36. The molecule has 0 aliphatic heterocycles. The lowest BCUT2D eigenvalue weighted by Crippen LogP contribution is -2.38. The maximum atomic E-state index is 6.33. The Morgan fingerprint density at radius 2 is 2.07 bits per heavy atom. The van der Waals surface area contributed by atoms with E-state index >= 15 is 0 Å². The molecule has 1 heterocycles. The summed E-state index contributed by atoms with van der Waals surface area (Å²) >= 11 is 8.00. The molecule has 1 aromatic heterocycles. The summed E-state index contributed by atoms with van der Waals surface area (Å²) in [5.41, 5.74) is 2.05. The molecule has 2 N–H and O–H groups in total. The van der Waals surface area contributed by atoms with Crippen molar-refractivity contribution >= 4 is 52.9 Å². The van der Waals surface area contributed by atoms with Gasteiger partial charge in [-0.05, 0) is 38.5 Å². The molecule has 6 nitrogen and oxygen atoms in total. The first-order valence-corrected chi connectivity index (χ1v) is 10.3. The fourth-order valence-corrected chi connectivity index (χ4v) is 3.43. The average molecular weight is 539 g/mol. The highest BCUT2D eigenvalue weighted by molar-refractivity contribution is 14.0. The molecule has 0 bridgehead atoms. The van der Waals surface area contributed by atoms with Gasteiger partial charge in [0.25, 0.3) is 0 Å². The Balaban J connectivity index is 0.00000392. The molecule has 0 spiro atoms. The minimum atomic E-state index is 0. The van der Waals surface area contributed by atoms with Gasteiger partial charge in [-0.25, -0.2) is 9.98 Å². The van der Waals surface area contributed by atoms with Crippen LogP contribution in [0, 0.1) is 6.92 Å². The number of benzene rings is 1. The zero-order chi connectivity index (χ0) is 19.6. The van der Waals surface area contributed by atoms with Crippen LogP contribution in [-0.4, -0.2) is 37.7 Å². The van der Waals surface area contributed by atoms with Gasteiger partial charge < -0.3 is 20.1 Å². The molecular formula is C19H28ClIN4O2S. The Morgan fingerprint density at radius 1 is 1.29 bits per heavy atom. The van der Waals surface area contributed by atoms with Crippen LogP contribution < -0.4 is 20.1 Å². The van der Waals surface area contributed by atoms with Gasteiger partial charge in [0.15, 0.2) is 17.5 Å². The molecule has 0 aliphatic carbocycles. The van der Waals surface area contributed by atoms with Crippen LogP contribution in [-0.2, 0) is 13.0 Å². The van der Waals surface area contributed by atoms with Gasteiger partial charge in [0.1, 0.15) is 0 Å². The number of aryl methyl sites for hydroxylation is 1. The zero-order valence-corrected chi connectivity index (χ0v) is 20.6. The maximum Gasteiger partial charge on any atom is 0.191 e. The number of thiazole rings is 1. The summed E-state index contributed by atoms with van der Waals surface area (Å²) in [4.78, 5) is 9.11. The van der Waals surface area contributed by atoms with E-state index in [4.69, 9.17) is 21.1 Å². The van der Waals surface area contributed by atoms with E-state index in [-0.39, 0.29) is 24.0 Å². The molecule has 0 fully saturated rings. The SMILES string of the molecule is CCNC(=NCc1cc(Cl)c(OCC)c(OC)c1)NCCc1csc(C)n1.I. The number of guanidine groups is 1. The minimum absolute atomic E-state index is 0. The van der Waals surface area contributed by atoms with Gasteiger partial charge >= 0.3 is 0 Å². The van der Waals surface area contributed by atoms with Crippen LogP contribution in [0.25, 0.3) is 0 Å². The lowest BCUT2D eigenvalue weighted by Gasteiger charge is -2.13. The molecule has 0 amide bonds. The molecule has 156 valence electrons. The summed E-state index contributed by atoms with van der Waals surface area (Å²) in [6, 6.07) is 3.77. The third-order valence-electron chi connectivity index (χ3n) is 3.68. The third-order valence-corrected chi connectivity index (χ3v) is 4.79. The Morgan fingerprint density at radius 3 is 2.68 bits per heavy atom. The van der Waals surface area contributed by atoms with E-state index in [2.05, 4.69) is 26.0 Å². The molecule has 0 unspecified atom stereocenters. The van der Waals surface area contributed by atoms with E-state index in [1.165, 1.54) is 0 Å². The second kappa shape index (κ2) is 13.1. The molecule has 2 rings (SSSR count). The Hall–Kier alpha value is -1.26. The normalized spacial score (nSPS) is 11.0. The van der Waals surface area contributed by atoms with Crippen LogP contribution in [0.3, 0.4) is 0 Å². The van der Waals surface area contributed by atoms with Gasteiger partial charge in [-0.2, -0.15) is 0 Å². The van der Waals surface area contributed by atoms with Crippen molar-refractivity contribution in [1.29, 1.82) is 0 Å². The van der Waals surface area contributed by atoms with Crippen molar-refractivity contribution in [3.63, 3.8) is 0 Å². The Bertz CT molecular complexity index is 770. The summed E-state index contributed by atoms with van der Waals surface area (Å²) in [6.45, 7) is 8.53. The van der Waals surface area contributed by atoms with E-state index in [0.717, 1.165) is 41.7 Å². The van der Waals surface area contributed by atoms with E-state index in [0.29, 0.717) is 29.7 Å². The van der Waals surface area contributed by atoms with Crippen molar-refractivity contribution in [2.24, 2.45) is 4.99 Å². The summed E-state index contributed by atoms with van der Waals surface area (Å²) in [5, 5.41) is 10.3. The standard InChI is InChI=1S/C19H27ClN4O2S.HI/c1-5-21-19(22-8-7-15-12-27-13(3)24-15)23-11-14-9-16(20)18(26-6-2)17(10-14)25-4;/h9-10,12H,5-8,11H2,1-4H3,(H2,21,22,23);1H. The first kappa shape index (κ1) is 24.8. The lowest BCUT2D eigenvalue weighted by molar-refractivity contribution is 0.311. The smallest absolute Gasteiger partial charge is 0.191 e. The number of rotatable bonds is 9. The predicted octanol–water partition coefficient (Wildman–Crippen LogP) is 4.43. The summed E-state index contributed by atoms with van der Waals surface area (Å²) in [7, 11) is 1.60. The van der Waals surface area contributed by atoms with Gasteiger partial charge in [0.2, 0.25) is 0 Å². The molecule has 0 aliphatic rings. The number of aliphatic imine (C=N–C) groups is 1. The van der Waals surface area contributed by atoms with Gasteiger partial charge in [-0.15, -0.1) is 35.3 Å². The maximum absolute atomic E-state index is 6.33. The average Bonchev–Trinajstić information content (AvgIpc) is 3.06. The molecular weight excluding hydrogens is 511 g/mol. The number of halogens is 2. The molecule has 1 aromatic carbocycles. The number of aromatic nitrogens is 1. The Kier molecular flexibility index (Phi) is 11.6. The topological polar surface area (TPSA) is 67.8 Å². The molecule has 0 radical (unpaired) electrons. The van der Waals surface area contributed by atoms with Crippen LogP contribution in [0.5, 0.6) is 11.5 Å². The fraction of sp³-hybridized carbons (Fsp3) is 0.474. The van der Waals surface area contributed by atoms with Crippen LogP contribution >= 0.6 is 46.9 Å². The van der Waals surface area contributed by atoms with Crippen molar-refractivity contribution in [1.82, 2.24) is 15.6 Å². The molecule has 0 atom stereocenters. The highest BCUT2D eigenvalue weighted by Gasteiger charge is 2.11. The van der Waals surface area contributed by atoms with Crippen molar-refractivity contribution in [2.45, 2.75) is 33.7 Å². The number of nitrogens with zero attached hydrogens (tertiary/aromatic N) is 2. The van der Waals surface area contributed by atoms with Gasteiger partial charge in [-0.3, -0.25) is 0 Å². The molecule has 2 aromatic rings. The quantitative estimate of drug-likeness (QED) is 0.281. The van der Waals surface area contributed by atoms with Crippen LogP contribution in [0.15, 0.2) is 22.5 Å². The van der Waals surface area contributed by atoms with Gasteiger partial charge in [-0.1, -0.05) is 11.6 Å². The van der Waals surface area contributed by atoms with Gasteiger partial charge in [0, 0.05) is 24.9 Å². The number of methoxy groups -OCH3 is 1. The number of ether oxygens (including phenoxy) is 2. The second-order valence-corrected chi connectivity index (χ2v) is 7.24. The molecule has 28 heavy (non-hydrogen) atoms. The van der Waals surface area contributed by atoms with Gasteiger partial charge in [0.05, 0.1) is 36.0 Å². The minimum Gasteiger partial charge on any atom is -0.493 e. The summed E-state index contributed by atoms with van der Waals surface area (Å²) in [5.74, 6) is 1.94. The summed E-state index contributed by atoms with van der Waals surface area (Å²) in [6.07, 6.45) is 0.859. The molecule has 0 saturated carbocycles. The fourth-order valence-electron chi connectivity index (χ4n) is 2.49. The summed E-state index contributed by atoms with van der Waals surface area (Å²) < 4.78 is 10.9. The predicted molar refractivity (Wildman–Crippen MR) is 128 cm³/mol. The number of hydrogen-bond donors (Lipinski definition) is 2. The first-order valence-electron chi connectivity index (χ1n) is 8.99. The van der Waals surface area contributed by atoms with Crippen molar-refractivity contribution in [3.8, 4) is 11.5 Å². The largest absolute Gasteiger partial charge is 0.493 e. The van der Waals surface area contributed by atoms with Crippen LogP contribution in [0.2, 0.25) is 5.02 Å². The molecule has 0 saturated heterocycles. The highest BCUT2D eigenvalue weighted by atomic mass is 127. The second-order valence-electron chi connectivity index (χ2n) is 5.77. The van der Waals surface area contributed by atoms with Crippen LogP contribution in [0.1, 0.15) is 30.1 Å². The number of hydrogen-bond acceptors (Lipinski definition) is 5. The van der Waals surface area contributed by atoms with Crippen LogP contribution in [0.4, 0.5) is 0 Å². The molecule has 9 heteroatoms. The van der Waals surface area contributed by atoms with Crippen molar-refractivity contribution in [3.05, 3.63) is 38.8 Å². The van der Waals surface area contributed by atoms with E-state index in [9.17, 15) is 0 Å². The number of nitrogens with one attached hydrogen (secondary N) is 2. The zero-order valence-electron chi connectivity index (χ0n) is 16.7. The first-order chi connectivity index (χ1) is 13.1. The van der Waals surface area contributed by atoms with E-state index in [1.807, 2.05) is 32.9 Å². The van der Waals surface area contributed by atoms with E-state index < -0.39 is 0 Å². The monoisotopic (exact) mass is 538 g/mol. The van der Waals surface area contributed by atoms with Crippen molar-refractivity contribution in [2.75, 3.05) is 26.8 Å². The van der Waals surface area contributed by atoms with E-state index in [1.54, 1.807) is 18.4 Å². The lowest BCUT2D eigenvalue weighted by atomic mass is 10.2. The third kappa shape index (κ3) is 7.63. The Labute approximate surface area is 193 Å². The van der Waals surface area contributed by atoms with Crippen molar-refractivity contribution < 1.29 is 9.47 Å².